The summed E-state index contributed by atoms with van der Waals surface area (Å²) in [5.74, 6) is 1.64. The van der Waals surface area contributed by atoms with E-state index < -0.39 is 0 Å². The molecule has 6 nitrogen and oxygen atoms in total. The minimum Gasteiger partial charge on any atom is -0.381 e. The standard InChI is InChI=1S/C21H32N4O2.ClH/c1-2-24-10-9-23-18(24)15-25(17-14-21(17)3-7-22-8-4-21)19(26)16-13-20(16)5-11-27-12-6-20;/h9-10,16-17,22H,2-8,11-15H2,1H3;1H. The number of piperidine rings is 1. The number of amides is 1. The highest BCUT2D eigenvalue weighted by atomic mass is 35.5. The Balaban J connectivity index is 0.00000192. The van der Waals surface area contributed by atoms with E-state index in [1.807, 2.05) is 12.4 Å². The van der Waals surface area contributed by atoms with Gasteiger partial charge in [-0.1, -0.05) is 0 Å². The molecule has 2 unspecified atom stereocenters. The third kappa shape index (κ3) is 3.37. The minimum absolute atomic E-state index is 0. The van der Waals surface area contributed by atoms with Gasteiger partial charge in [0.2, 0.25) is 5.91 Å². The molecule has 1 aromatic heterocycles. The van der Waals surface area contributed by atoms with Crippen molar-refractivity contribution in [2.45, 2.75) is 64.6 Å². The summed E-state index contributed by atoms with van der Waals surface area (Å²) in [5, 5.41) is 3.48. The zero-order valence-electron chi connectivity index (χ0n) is 16.9. The summed E-state index contributed by atoms with van der Waals surface area (Å²) in [4.78, 5) is 20.4. The van der Waals surface area contributed by atoms with Gasteiger partial charge in [0.15, 0.2) is 0 Å². The number of ether oxygens (including phenoxy) is 1. The predicted octanol–water partition coefficient (Wildman–Crippen LogP) is 2.61. The number of nitrogens with one attached hydrogen (secondary N) is 1. The van der Waals surface area contributed by atoms with Crippen molar-refractivity contribution in [1.82, 2.24) is 19.8 Å². The van der Waals surface area contributed by atoms with E-state index in [1.54, 1.807) is 0 Å². The summed E-state index contributed by atoms with van der Waals surface area (Å²) in [7, 11) is 0. The fraction of sp³-hybridized carbons (Fsp3) is 0.810. The van der Waals surface area contributed by atoms with Crippen LogP contribution in [0.4, 0.5) is 0 Å². The molecule has 5 rings (SSSR count). The van der Waals surface area contributed by atoms with Crippen molar-refractivity contribution >= 4 is 18.3 Å². The molecule has 2 saturated heterocycles. The average molecular weight is 409 g/mol. The average Bonchev–Trinajstić information content (AvgIpc) is 3.51. The maximum atomic E-state index is 13.6. The highest BCUT2D eigenvalue weighted by Gasteiger charge is 2.63. The number of nitrogens with zero attached hydrogens (tertiary/aromatic N) is 3. The topological polar surface area (TPSA) is 59.4 Å². The minimum atomic E-state index is 0. The van der Waals surface area contributed by atoms with Crippen LogP contribution < -0.4 is 5.32 Å². The first-order valence-electron chi connectivity index (χ1n) is 10.8. The van der Waals surface area contributed by atoms with Crippen molar-refractivity contribution in [2.75, 3.05) is 26.3 Å². The van der Waals surface area contributed by atoms with E-state index in [0.29, 0.717) is 23.9 Å². The van der Waals surface area contributed by atoms with Crippen molar-refractivity contribution in [2.24, 2.45) is 16.7 Å². The second-order valence-electron chi connectivity index (χ2n) is 9.16. The lowest BCUT2D eigenvalue weighted by atomic mass is 9.92. The molecule has 156 valence electrons. The van der Waals surface area contributed by atoms with Crippen LogP contribution in [0.5, 0.6) is 0 Å². The number of rotatable bonds is 5. The van der Waals surface area contributed by atoms with Gasteiger partial charge in [-0.3, -0.25) is 4.79 Å². The Bertz CT molecular complexity index is 709. The van der Waals surface area contributed by atoms with Crippen LogP contribution >= 0.6 is 12.4 Å². The van der Waals surface area contributed by atoms with E-state index in [0.717, 1.165) is 57.9 Å². The number of imidazole rings is 1. The number of carbonyl (C=O) groups excluding carboxylic acids is 1. The molecule has 1 N–H and O–H groups in total. The Morgan fingerprint density at radius 3 is 2.71 bits per heavy atom. The lowest BCUT2D eigenvalue weighted by Gasteiger charge is -2.31. The monoisotopic (exact) mass is 408 g/mol. The van der Waals surface area contributed by atoms with Crippen LogP contribution in [0.2, 0.25) is 0 Å². The van der Waals surface area contributed by atoms with Crippen LogP contribution in [-0.2, 0) is 22.6 Å². The molecule has 3 heterocycles. The predicted molar refractivity (Wildman–Crippen MR) is 109 cm³/mol. The number of carbonyl (C=O) groups is 1. The van der Waals surface area contributed by atoms with Crippen molar-refractivity contribution in [3.63, 3.8) is 0 Å². The van der Waals surface area contributed by atoms with Gasteiger partial charge in [0.1, 0.15) is 5.82 Å². The summed E-state index contributed by atoms with van der Waals surface area (Å²) in [6.07, 6.45) is 10.7. The Morgan fingerprint density at radius 1 is 1.25 bits per heavy atom. The van der Waals surface area contributed by atoms with Gasteiger partial charge >= 0.3 is 0 Å². The molecule has 0 bridgehead atoms. The molecule has 0 radical (unpaired) electrons. The first-order valence-corrected chi connectivity index (χ1v) is 10.8. The van der Waals surface area contributed by atoms with Gasteiger partial charge < -0.3 is 19.5 Å². The van der Waals surface area contributed by atoms with E-state index in [9.17, 15) is 4.79 Å². The zero-order chi connectivity index (χ0) is 18.5. The maximum absolute atomic E-state index is 13.6. The molecule has 28 heavy (non-hydrogen) atoms. The molecule has 1 amide bonds. The highest BCUT2D eigenvalue weighted by Crippen LogP contribution is 2.62. The largest absolute Gasteiger partial charge is 0.381 e. The molecule has 1 aromatic rings. The lowest BCUT2D eigenvalue weighted by molar-refractivity contribution is -0.136. The van der Waals surface area contributed by atoms with Crippen LogP contribution in [0.25, 0.3) is 0 Å². The fourth-order valence-corrected chi connectivity index (χ4v) is 5.73. The molecule has 0 aromatic carbocycles. The number of aryl methyl sites for hydroxylation is 1. The molecule has 2 aliphatic heterocycles. The van der Waals surface area contributed by atoms with E-state index in [4.69, 9.17) is 4.74 Å². The van der Waals surface area contributed by atoms with Gasteiger partial charge in [0.05, 0.1) is 6.54 Å². The summed E-state index contributed by atoms with van der Waals surface area (Å²) in [5.41, 5.74) is 0.603. The third-order valence-electron chi connectivity index (χ3n) is 7.84. The summed E-state index contributed by atoms with van der Waals surface area (Å²) in [6, 6.07) is 0.409. The van der Waals surface area contributed by atoms with E-state index in [2.05, 4.69) is 26.7 Å². The third-order valence-corrected chi connectivity index (χ3v) is 7.84. The normalized spacial score (nSPS) is 29.3. The number of aromatic nitrogens is 2. The Kier molecular flexibility index (Phi) is 5.49. The van der Waals surface area contributed by atoms with Crippen LogP contribution in [0, 0.1) is 16.7 Å². The van der Waals surface area contributed by atoms with Gasteiger partial charge in [0, 0.05) is 44.1 Å². The first kappa shape index (κ1) is 20.2. The van der Waals surface area contributed by atoms with Gasteiger partial charge in [0.25, 0.3) is 0 Å². The summed E-state index contributed by atoms with van der Waals surface area (Å²) >= 11 is 0. The van der Waals surface area contributed by atoms with Crippen molar-refractivity contribution < 1.29 is 9.53 Å². The SMILES string of the molecule is CCn1ccnc1CN(C(=O)C1CC12CCOCC2)C1CC12CCNCC2.Cl. The van der Waals surface area contributed by atoms with Crippen LogP contribution in [0.3, 0.4) is 0 Å². The first-order chi connectivity index (χ1) is 13.2. The fourth-order valence-electron chi connectivity index (χ4n) is 5.73. The summed E-state index contributed by atoms with van der Waals surface area (Å²) < 4.78 is 7.73. The zero-order valence-corrected chi connectivity index (χ0v) is 17.7. The van der Waals surface area contributed by atoms with Crippen molar-refractivity contribution in [3.05, 3.63) is 18.2 Å². The summed E-state index contributed by atoms with van der Waals surface area (Å²) in [6.45, 7) is 7.54. The Hall–Kier alpha value is -1.11. The molecule has 2 saturated carbocycles. The molecular formula is C21H33ClN4O2. The molecule has 7 heteroatoms. The van der Waals surface area contributed by atoms with Gasteiger partial charge in [-0.15, -0.1) is 12.4 Å². The Morgan fingerprint density at radius 2 is 2.00 bits per heavy atom. The molecule has 2 aliphatic carbocycles. The second-order valence-corrected chi connectivity index (χ2v) is 9.16. The molecule has 4 fully saturated rings. The number of hydrogen-bond donors (Lipinski definition) is 1. The van der Waals surface area contributed by atoms with E-state index in [1.165, 1.54) is 19.3 Å². The smallest absolute Gasteiger partial charge is 0.226 e. The lowest BCUT2D eigenvalue weighted by Crippen LogP contribution is -2.41. The second kappa shape index (κ2) is 7.62. The van der Waals surface area contributed by atoms with Crippen LogP contribution in [0.15, 0.2) is 12.4 Å². The van der Waals surface area contributed by atoms with Gasteiger partial charge in [-0.2, -0.15) is 0 Å². The number of hydrogen-bond acceptors (Lipinski definition) is 4. The van der Waals surface area contributed by atoms with Crippen LogP contribution in [0.1, 0.15) is 51.3 Å². The Labute approximate surface area is 173 Å². The van der Waals surface area contributed by atoms with Crippen molar-refractivity contribution in [1.29, 1.82) is 0 Å². The van der Waals surface area contributed by atoms with Gasteiger partial charge in [-0.05, 0) is 69.4 Å². The van der Waals surface area contributed by atoms with Gasteiger partial charge in [-0.25, -0.2) is 4.98 Å². The molecular weight excluding hydrogens is 376 g/mol. The number of halogens is 1. The molecule has 2 atom stereocenters. The van der Waals surface area contributed by atoms with Crippen LogP contribution in [-0.4, -0.2) is 52.7 Å². The quantitative estimate of drug-likeness (QED) is 0.813. The molecule has 2 spiro atoms. The highest BCUT2D eigenvalue weighted by molar-refractivity contribution is 5.85. The van der Waals surface area contributed by atoms with Crippen molar-refractivity contribution in [3.8, 4) is 0 Å². The van der Waals surface area contributed by atoms with E-state index in [-0.39, 0.29) is 23.7 Å². The van der Waals surface area contributed by atoms with E-state index >= 15 is 0 Å². The maximum Gasteiger partial charge on any atom is 0.226 e. The molecule has 4 aliphatic rings.